The first kappa shape index (κ1) is 12.9. The first-order chi connectivity index (χ1) is 8.19. The number of aryl methyl sites for hydroxylation is 2. The molecule has 4 nitrogen and oxygen atoms in total. The molecular formula is C13H14N2O2. The van der Waals surface area contributed by atoms with Gasteiger partial charge in [0.25, 0.3) is 12.5 Å². The molecular weight excluding hydrogens is 216 g/mol. The van der Waals surface area contributed by atoms with E-state index in [0.717, 1.165) is 23.1 Å². The minimum Gasteiger partial charge on any atom is -0.387 e. The molecule has 17 heavy (non-hydrogen) atoms. The summed E-state index contributed by atoms with van der Waals surface area (Å²) in [5.41, 5.74) is 2.60. The maximum atomic E-state index is 8.67. The minimum atomic E-state index is 0.498. The predicted molar refractivity (Wildman–Crippen MR) is 62.4 cm³/mol. The van der Waals surface area contributed by atoms with Crippen molar-refractivity contribution in [2.24, 2.45) is 0 Å². The molecule has 1 aromatic rings. The number of nitriles is 2. The zero-order valence-corrected chi connectivity index (χ0v) is 10.2. The Balaban J connectivity index is 3.49. The zero-order chi connectivity index (χ0) is 12.8. The van der Waals surface area contributed by atoms with Crippen LogP contribution in [-0.4, -0.2) is 0 Å². The lowest BCUT2D eigenvalue weighted by atomic mass is 9.99. The van der Waals surface area contributed by atoms with Gasteiger partial charge in [0.15, 0.2) is 11.5 Å². The summed E-state index contributed by atoms with van der Waals surface area (Å²) in [4.78, 5) is 0. The fourth-order valence-electron chi connectivity index (χ4n) is 1.87. The number of rotatable bonds is 4. The molecule has 0 aliphatic carbocycles. The molecule has 0 amide bonds. The predicted octanol–water partition coefficient (Wildman–Crippen LogP) is 2.84. The maximum absolute atomic E-state index is 8.67. The van der Waals surface area contributed by atoms with Crippen LogP contribution in [0.5, 0.6) is 11.5 Å². The number of ether oxygens (including phenoxy) is 2. The van der Waals surface area contributed by atoms with E-state index in [-0.39, 0.29) is 0 Å². The molecule has 0 radical (unpaired) electrons. The van der Waals surface area contributed by atoms with Crippen molar-refractivity contribution in [3.8, 4) is 24.0 Å². The molecule has 0 aliphatic heterocycles. The van der Waals surface area contributed by atoms with E-state index in [1.165, 1.54) is 0 Å². The number of hydrogen-bond donors (Lipinski definition) is 0. The van der Waals surface area contributed by atoms with Crippen molar-refractivity contribution in [3.05, 3.63) is 22.8 Å². The lowest BCUT2D eigenvalue weighted by molar-refractivity contribution is 0.466. The quantitative estimate of drug-likeness (QED) is 0.746. The van der Waals surface area contributed by atoms with E-state index in [2.05, 4.69) is 0 Å². The standard InChI is InChI=1S/C13H14N2O2/c1-4-10-6-9(3)12(16-7-14)11(5-2)13(10)17-8-15/h6H,4-5H2,1-3H3. The second-order valence-electron chi connectivity index (χ2n) is 3.58. The summed E-state index contributed by atoms with van der Waals surface area (Å²) in [5.74, 6) is 1.02. The van der Waals surface area contributed by atoms with Crippen LogP contribution in [0, 0.1) is 30.0 Å². The molecule has 0 aliphatic rings. The molecule has 88 valence electrons. The molecule has 0 heterocycles. The molecule has 0 aromatic heterocycles. The number of nitrogens with zero attached hydrogens (tertiary/aromatic N) is 2. The van der Waals surface area contributed by atoms with Gasteiger partial charge < -0.3 is 9.47 Å². The summed E-state index contributed by atoms with van der Waals surface area (Å²) in [5, 5.41) is 17.3. The molecule has 0 N–H and O–H groups in total. The van der Waals surface area contributed by atoms with Crippen LogP contribution < -0.4 is 9.47 Å². The van der Waals surface area contributed by atoms with Crippen LogP contribution >= 0.6 is 0 Å². The molecule has 1 rings (SSSR count). The van der Waals surface area contributed by atoms with Crippen LogP contribution in [0.25, 0.3) is 0 Å². The van der Waals surface area contributed by atoms with Gasteiger partial charge in [-0.25, -0.2) is 0 Å². The fourth-order valence-corrected chi connectivity index (χ4v) is 1.87. The second-order valence-corrected chi connectivity index (χ2v) is 3.58. The highest BCUT2D eigenvalue weighted by Crippen LogP contribution is 2.36. The Hall–Kier alpha value is -2.20. The molecule has 4 heteroatoms. The Kier molecular flexibility index (Phi) is 4.37. The number of hydrogen-bond acceptors (Lipinski definition) is 4. The monoisotopic (exact) mass is 230 g/mol. The molecule has 0 atom stereocenters. The summed E-state index contributed by atoms with van der Waals surface area (Å²) >= 11 is 0. The summed E-state index contributed by atoms with van der Waals surface area (Å²) in [6.07, 6.45) is 4.75. The molecule has 0 saturated carbocycles. The zero-order valence-electron chi connectivity index (χ0n) is 10.2. The van der Waals surface area contributed by atoms with E-state index < -0.39 is 0 Å². The first-order valence-corrected chi connectivity index (χ1v) is 5.46. The summed E-state index contributed by atoms with van der Waals surface area (Å²) in [6.45, 7) is 5.80. The summed E-state index contributed by atoms with van der Waals surface area (Å²) in [7, 11) is 0. The van der Waals surface area contributed by atoms with Crippen molar-refractivity contribution in [3.63, 3.8) is 0 Å². The van der Waals surface area contributed by atoms with Gasteiger partial charge in [-0.1, -0.05) is 13.8 Å². The van der Waals surface area contributed by atoms with Gasteiger partial charge in [0.05, 0.1) is 0 Å². The lowest BCUT2D eigenvalue weighted by Crippen LogP contribution is -2.01. The third-order valence-electron chi connectivity index (χ3n) is 2.62. The Morgan fingerprint density at radius 3 is 2.12 bits per heavy atom. The smallest absolute Gasteiger partial charge is 0.292 e. The van der Waals surface area contributed by atoms with E-state index in [1.54, 1.807) is 12.5 Å². The van der Waals surface area contributed by atoms with Gasteiger partial charge in [-0.2, -0.15) is 0 Å². The second kappa shape index (κ2) is 5.77. The highest BCUT2D eigenvalue weighted by atomic mass is 16.5. The SMILES string of the molecule is CCc1cc(C)c(OC#N)c(CC)c1OC#N. The van der Waals surface area contributed by atoms with Crippen molar-refractivity contribution in [2.75, 3.05) is 0 Å². The van der Waals surface area contributed by atoms with Crippen LogP contribution in [0.4, 0.5) is 0 Å². The van der Waals surface area contributed by atoms with Crippen LogP contribution in [0.3, 0.4) is 0 Å². The van der Waals surface area contributed by atoms with Crippen molar-refractivity contribution in [1.29, 1.82) is 10.5 Å². The average molecular weight is 230 g/mol. The molecule has 0 bridgehead atoms. The first-order valence-electron chi connectivity index (χ1n) is 5.46. The van der Waals surface area contributed by atoms with Crippen molar-refractivity contribution in [2.45, 2.75) is 33.6 Å². The van der Waals surface area contributed by atoms with E-state index in [0.29, 0.717) is 17.9 Å². The Bertz CT molecular complexity index is 496. The van der Waals surface area contributed by atoms with Gasteiger partial charge >= 0.3 is 0 Å². The average Bonchev–Trinajstić information content (AvgIpc) is 2.33. The molecule has 0 fully saturated rings. The summed E-state index contributed by atoms with van der Waals surface area (Å²) in [6, 6.07) is 1.89. The third kappa shape index (κ3) is 2.49. The maximum Gasteiger partial charge on any atom is 0.292 e. The van der Waals surface area contributed by atoms with Gasteiger partial charge in [0.1, 0.15) is 0 Å². The lowest BCUT2D eigenvalue weighted by Gasteiger charge is -2.14. The largest absolute Gasteiger partial charge is 0.387 e. The third-order valence-corrected chi connectivity index (χ3v) is 2.62. The van der Waals surface area contributed by atoms with E-state index in [1.807, 2.05) is 26.8 Å². The van der Waals surface area contributed by atoms with E-state index >= 15 is 0 Å². The van der Waals surface area contributed by atoms with E-state index in [9.17, 15) is 0 Å². The van der Waals surface area contributed by atoms with Gasteiger partial charge in [0.2, 0.25) is 0 Å². The minimum absolute atomic E-state index is 0.498. The Morgan fingerprint density at radius 2 is 1.65 bits per heavy atom. The van der Waals surface area contributed by atoms with Crippen LogP contribution in [0.1, 0.15) is 30.5 Å². The molecule has 0 unspecified atom stereocenters. The highest BCUT2D eigenvalue weighted by molar-refractivity contribution is 5.55. The summed E-state index contributed by atoms with van der Waals surface area (Å²) < 4.78 is 9.97. The van der Waals surface area contributed by atoms with Crippen molar-refractivity contribution >= 4 is 0 Å². The van der Waals surface area contributed by atoms with Gasteiger partial charge in [-0.15, -0.1) is 10.5 Å². The fraction of sp³-hybridized carbons (Fsp3) is 0.385. The van der Waals surface area contributed by atoms with Crippen molar-refractivity contribution < 1.29 is 9.47 Å². The Morgan fingerprint density at radius 1 is 1.06 bits per heavy atom. The van der Waals surface area contributed by atoms with Crippen LogP contribution in [0.2, 0.25) is 0 Å². The molecule has 0 spiro atoms. The van der Waals surface area contributed by atoms with Gasteiger partial charge in [0, 0.05) is 5.56 Å². The van der Waals surface area contributed by atoms with Gasteiger partial charge in [-0.05, 0) is 37.0 Å². The Labute approximate surface area is 101 Å². The van der Waals surface area contributed by atoms with Crippen molar-refractivity contribution in [1.82, 2.24) is 0 Å². The number of benzene rings is 1. The topological polar surface area (TPSA) is 66.0 Å². The van der Waals surface area contributed by atoms with Crippen LogP contribution in [0.15, 0.2) is 6.07 Å². The highest BCUT2D eigenvalue weighted by Gasteiger charge is 2.17. The molecule has 1 aromatic carbocycles. The van der Waals surface area contributed by atoms with Crippen LogP contribution in [-0.2, 0) is 12.8 Å². The molecule has 0 saturated heterocycles. The van der Waals surface area contributed by atoms with Gasteiger partial charge in [-0.3, -0.25) is 0 Å². The van der Waals surface area contributed by atoms with E-state index in [4.69, 9.17) is 20.0 Å². The normalized spacial score (nSPS) is 9.24.